The summed E-state index contributed by atoms with van der Waals surface area (Å²) in [5.74, 6) is 0. The van der Waals surface area contributed by atoms with Crippen molar-refractivity contribution >= 4 is 16.7 Å². The van der Waals surface area contributed by atoms with Gasteiger partial charge in [-0.2, -0.15) is 4.37 Å². The van der Waals surface area contributed by atoms with E-state index in [0.29, 0.717) is 0 Å². The number of nitrogens with zero attached hydrogens (tertiary/aromatic N) is 2. The molecule has 1 unspecified atom stereocenters. The third-order valence-corrected chi connectivity index (χ3v) is 2.60. The zero-order valence-corrected chi connectivity index (χ0v) is 8.66. The summed E-state index contributed by atoms with van der Waals surface area (Å²) in [7, 11) is 0. The minimum atomic E-state index is 0.268. The predicted octanol–water partition coefficient (Wildman–Crippen LogP) is 2.71. The van der Waals surface area contributed by atoms with Crippen LogP contribution in [0.15, 0.2) is 36.7 Å². The molecule has 72 valence electrons. The van der Waals surface area contributed by atoms with Crippen molar-refractivity contribution in [2.45, 2.75) is 13.0 Å². The Kier molecular flexibility index (Phi) is 2.74. The van der Waals surface area contributed by atoms with Crippen molar-refractivity contribution < 1.29 is 0 Å². The molecule has 1 aromatic carbocycles. The van der Waals surface area contributed by atoms with Gasteiger partial charge in [0.05, 0.1) is 6.04 Å². The maximum Gasteiger partial charge on any atom is 0.202 e. The average Bonchev–Trinajstić information content (AvgIpc) is 2.72. The van der Waals surface area contributed by atoms with Gasteiger partial charge in [-0.3, -0.25) is 0 Å². The molecule has 1 N–H and O–H groups in total. The van der Waals surface area contributed by atoms with Crippen LogP contribution in [0.5, 0.6) is 0 Å². The van der Waals surface area contributed by atoms with Gasteiger partial charge in [0.1, 0.15) is 6.33 Å². The second-order valence-electron chi connectivity index (χ2n) is 3.02. The van der Waals surface area contributed by atoms with Crippen molar-refractivity contribution in [1.29, 1.82) is 0 Å². The fourth-order valence-corrected chi connectivity index (χ4v) is 1.76. The fourth-order valence-electron chi connectivity index (χ4n) is 1.25. The predicted molar refractivity (Wildman–Crippen MR) is 58.4 cm³/mol. The van der Waals surface area contributed by atoms with Crippen LogP contribution in [0.3, 0.4) is 0 Å². The van der Waals surface area contributed by atoms with Gasteiger partial charge in [0.15, 0.2) is 0 Å². The lowest BCUT2D eigenvalue weighted by molar-refractivity contribution is 0.881. The van der Waals surface area contributed by atoms with E-state index in [0.717, 1.165) is 5.13 Å². The molecule has 1 aromatic heterocycles. The van der Waals surface area contributed by atoms with Crippen molar-refractivity contribution in [1.82, 2.24) is 9.36 Å². The minimum absolute atomic E-state index is 0.268. The first-order valence-corrected chi connectivity index (χ1v) is 5.22. The second kappa shape index (κ2) is 4.19. The number of hydrogen-bond acceptors (Lipinski definition) is 4. The zero-order valence-electron chi connectivity index (χ0n) is 7.84. The van der Waals surface area contributed by atoms with Crippen molar-refractivity contribution in [3.63, 3.8) is 0 Å². The van der Waals surface area contributed by atoms with Crippen LogP contribution in [0.1, 0.15) is 18.5 Å². The largest absolute Gasteiger partial charge is 0.354 e. The second-order valence-corrected chi connectivity index (χ2v) is 3.80. The molecule has 0 bridgehead atoms. The molecule has 0 aliphatic carbocycles. The molecule has 1 heterocycles. The van der Waals surface area contributed by atoms with Crippen LogP contribution in [0.25, 0.3) is 0 Å². The Morgan fingerprint density at radius 1 is 1.29 bits per heavy atom. The Hall–Kier alpha value is -1.42. The molecular weight excluding hydrogens is 194 g/mol. The van der Waals surface area contributed by atoms with Gasteiger partial charge in [0.2, 0.25) is 5.13 Å². The SMILES string of the molecule is CC(Nc1ncns1)c1ccccc1. The van der Waals surface area contributed by atoms with E-state index in [-0.39, 0.29) is 6.04 Å². The number of nitrogens with one attached hydrogen (secondary N) is 1. The van der Waals surface area contributed by atoms with Gasteiger partial charge in [-0.15, -0.1) is 0 Å². The molecule has 4 heteroatoms. The molecule has 2 aromatic rings. The lowest BCUT2D eigenvalue weighted by Crippen LogP contribution is -2.05. The Morgan fingerprint density at radius 3 is 2.71 bits per heavy atom. The molecule has 2 rings (SSSR count). The summed E-state index contributed by atoms with van der Waals surface area (Å²) in [6.07, 6.45) is 1.56. The molecule has 0 saturated carbocycles. The van der Waals surface area contributed by atoms with Gasteiger partial charge >= 0.3 is 0 Å². The van der Waals surface area contributed by atoms with Gasteiger partial charge in [0, 0.05) is 11.5 Å². The normalized spacial score (nSPS) is 12.4. The molecule has 0 aliphatic rings. The fraction of sp³-hybridized carbons (Fsp3) is 0.200. The number of aromatic nitrogens is 2. The van der Waals surface area contributed by atoms with E-state index in [2.05, 4.69) is 33.7 Å². The van der Waals surface area contributed by atoms with Crippen LogP contribution in [0, 0.1) is 0 Å². The highest BCUT2D eigenvalue weighted by molar-refractivity contribution is 7.09. The quantitative estimate of drug-likeness (QED) is 0.837. The maximum atomic E-state index is 4.08. The zero-order chi connectivity index (χ0) is 9.80. The van der Waals surface area contributed by atoms with Gasteiger partial charge in [0.25, 0.3) is 0 Å². The summed E-state index contributed by atoms with van der Waals surface area (Å²) in [4.78, 5) is 4.08. The number of benzene rings is 1. The van der Waals surface area contributed by atoms with E-state index in [1.165, 1.54) is 17.1 Å². The van der Waals surface area contributed by atoms with Crippen LogP contribution in [0.4, 0.5) is 5.13 Å². The van der Waals surface area contributed by atoms with E-state index in [1.54, 1.807) is 6.33 Å². The van der Waals surface area contributed by atoms with Crippen LogP contribution in [-0.4, -0.2) is 9.36 Å². The number of anilines is 1. The van der Waals surface area contributed by atoms with Crippen molar-refractivity contribution in [3.05, 3.63) is 42.2 Å². The topological polar surface area (TPSA) is 37.8 Å². The summed E-state index contributed by atoms with van der Waals surface area (Å²) in [5, 5.41) is 4.15. The summed E-state index contributed by atoms with van der Waals surface area (Å²) < 4.78 is 3.94. The molecule has 0 fully saturated rings. The molecule has 0 aliphatic heterocycles. The van der Waals surface area contributed by atoms with E-state index in [4.69, 9.17) is 0 Å². The van der Waals surface area contributed by atoms with Crippen LogP contribution in [0.2, 0.25) is 0 Å². The van der Waals surface area contributed by atoms with Crippen LogP contribution >= 0.6 is 11.5 Å². The van der Waals surface area contributed by atoms with Crippen molar-refractivity contribution in [3.8, 4) is 0 Å². The van der Waals surface area contributed by atoms with Crippen molar-refractivity contribution in [2.24, 2.45) is 0 Å². The Bertz CT molecular complexity index is 372. The van der Waals surface area contributed by atoms with E-state index < -0.39 is 0 Å². The van der Waals surface area contributed by atoms with Crippen LogP contribution in [-0.2, 0) is 0 Å². The minimum Gasteiger partial charge on any atom is -0.354 e. The number of rotatable bonds is 3. The van der Waals surface area contributed by atoms with Gasteiger partial charge in [-0.25, -0.2) is 4.98 Å². The number of hydrogen-bond donors (Lipinski definition) is 1. The van der Waals surface area contributed by atoms with Crippen molar-refractivity contribution in [2.75, 3.05) is 5.32 Å². The van der Waals surface area contributed by atoms with Gasteiger partial charge < -0.3 is 5.32 Å². The lowest BCUT2D eigenvalue weighted by Gasteiger charge is -2.12. The van der Waals surface area contributed by atoms with Gasteiger partial charge in [-0.1, -0.05) is 30.3 Å². The highest BCUT2D eigenvalue weighted by atomic mass is 32.1. The lowest BCUT2D eigenvalue weighted by atomic mass is 10.1. The third-order valence-electron chi connectivity index (χ3n) is 2.00. The maximum absolute atomic E-state index is 4.08. The summed E-state index contributed by atoms with van der Waals surface area (Å²) >= 11 is 1.37. The first kappa shape index (κ1) is 9.15. The molecule has 0 saturated heterocycles. The summed E-state index contributed by atoms with van der Waals surface area (Å²) in [6.45, 7) is 2.11. The molecule has 1 atom stereocenters. The molecular formula is C10H11N3S. The summed E-state index contributed by atoms with van der Waals surface area (Å²) in [5.41, 5.74) is 1.25. The Balaban J connectivity index is 2.07. The molecule has 0 amide bonds. The standard InChI is InChI=1S/C10H11N3S/c1-8(9-5-3-2-4-6-9)13-10-11-7-12-14-10/h2-8H,1H3,(H,11,12,13). The Morgan fingerprint density at radius 2 is 2.07 bits per heavy atom. The molecule has 0 spiro atoms. The first-order valence-electron chi connectivity index (χ1n) is 4.44. The van der Waals surface area contributed by atoms with E-state index in [1.807, 2.05) is 18.2 Å². The van der Waals surface area contributed by atoms with E-state index >= 15 is 0 Å². The first-order chi connectivity index (χ1) is 6.86. The monoisotopic (exact) mass is 205 g/mol. The highest BCUT2D eigenvalue weighted by Crippen LogP contribution is 2.18. The molecule has 3 nitrogen and oxygen atoms in total. The third kappa shape index (κ3) is 2.09. The van der Waals surface area contributed by atoms with E-state index in [9.17, 15) is 0 Å². The molecule has 14 heavy (non-hydrogen) atoms. The Labute approximate surface area is 87.0 Å². The average molecular weight is 205 g/mol. The molecule has 0 radical (unpaired) electrons. The van der Waals surface area contributed by atoms with Gasteiger partial charge in [-0.05, 0) is 12.5 Å². The summed E-state index contributed by atoms with van der Waals surface area (Å²) in [6, 6.07) is 10.5. The highest BCUT2D eigenvalue weighted by Gasteiger charge is 2.05. The smallest absolute Gasteiger partial charge is 0.202 e. The van der Waals surface area contributed by atoms with Crippen LogP contribution < -0.4 is 5.32 Å².